The molecule has 204 valence electrons. The highest BCUT2D eigenvalue weighted by Gasteiger charge is 2.44. The fourth-order valence-electron chi connectivity index (χ4n) is 4.59. The van der Waals surface area contributed by atoms with Crippen molar-refractivity contribution in [1.29, 1.82) is 0 Å². The van der Waals surface area contributed by atoms with Crippen molar-refractivity contribution < 1.29 is 24.2 Å². The molecule has 0 aliphatic carbocycles. The number of rotatable bonds is 7. The van der Waals surface area contributed by atoms with Crippen LogP contribution in [0.25, 0.3) is 0 Å². The zero-order chi connectivity index (χ0) is 28.5. The molecule has 4 rings (SSSR count). The minimum atomic E-state index is -1.49. The Morgan fingerprint density at radius 3 is 2.38 bits per heavy atom. The number of carboxylic acids is 1. The van der Waals surface area contributed by atoms with E-state index in [9.17, 15) is 19.5 Å². The van der Waals surface area contributed by atoms with E-state index in [1.54, 1.807) is 71.6 Å². The molecule has 0 bridgehead atoms. The third kappa shape index (κ3) is 6.44. The van der Waals surface area contributed by atoms with E-state index in [4.69, 9.17) is 27.9 Å². The second-order valence-electron chi connectivity index (χ2n) is 10.7. The molecular weight excluding hydrogens is 539 g/mol. The van der Waals surface area contributed by atoms with Gasteiger partial charge in [0.05, 0.1) is 0 Å². The Morgan fingerprint density at radius 2 is 1.74 bits per heavy atom. The zero-order valence-corrected chi connectivity index (χ0v) is 23.6. The Bertz CT molecular complexity index is 1420. The van der Waals surface area contributed by atoms with Gasteiger partial charge in [-0.3, -0.25) is 9.59 Å². The lowest BCUT2D eigenvalue weighted by Gasteiger charge is -2.33. The molecule has 7 nitrogen and oxygen atoms in total. The normalized spacial score (nSPS) is 18.2. The molecule has 1 aliphatic heterocycles. The number of fused-ring (bicyclic) bond motifs is 1. The van der Waals surface area contributed by atoms with Gasteiger partial charge >= 0.3 is 5.97 Å². The van der Waals surface area contributed by atoms with E-state index < -0.39 is 30.1 Å². The number of nitrogens with zero attached hydrogens (tertiary/aromatic N) is 1. The molecule has 0 fully saturated rings. The van der Waals surface area contributed by atoms with Crippen LogP contribution in [0.3, 0.4) is 0 Å². The number of ketones is 1. The molecule has 1 unspecified atom stereocenters. The number of anilines is 2. The molecule has 1 aliphatic rings. The van der Waals surface area contributed by atoms with Gasteiger partial charge in [-0.15, -0.1) is 0 Å². The average molecular weight is 569 g/mol. The number of amides is 1. The predicted octanol–water partition coefficient (Wildman–Crippen LogP) is 6.63. The molecule has 0 saturated carbocycles. The summed E-state index contributed by atoms with van der Waals surface area (Å²) in [6.45, 7) is 7.68. The first-order valence-corrected chi connectivity index (χ1v) is 13.2. The maximum atomic E-state index is 14.2. The average Bonchev–Trinajstić information content (AvgIpc) is 2.97. The molecule has 0 aromatic heterocycles. The van der Waals surface area contributed by atoms with Crippen molar-refractivity contribution in [3.05, 3.63) is 93.5 Å². The smallest absolute Gasteiger partial charge is 0.329 e. The lowest BCUT2D eigenvalue weighted by atomic mass is 9.94. The van der Waals surface area contributed by atoms with Crippen LogP contribution in [0.2, 0.25) is 10.0 Å². The Kier molecular flexibility index (Phi) is 8.35. The summed E-state index contributed by atoms with van der Waals surface area (Å²) in [7, 11) is 0. The summed E-state index contributed by atoms with van der Waals surface area (Å²) in [4.78, 5) is 40.4. The third-order valence-electron chi connectivity index (χ3n) is 6.34. The van der Waals surface area contributed by atoms with Gasteiger partial charge in [0.1, 0.15) is 6.10 Å². The van der Waals surface area contributed by atoms with E-state index in [0.29, 0.717) is 44.7 Å². The number of Topliss-reactive ketones (excluding diaryl/α,β-unsaturated/α-hetero) is 1. The topological polar surface area (TPSA) is 95.9 Å². The number of ether oxygens (including phenoxy) is 1. The second kappa shape index (κ2) is 11.4. The Morgan fingerprint density at radius 1 is 1.03 bits per heavy atom. The summed E-state index contributed by atoms with van der Waals surface area (Å²) in [5.74, 6) is -1.99. The van der Waals surface area contributed by atoms with Gasteiger partial charge in [0, 0.05) is 44.7 Å². The Labute approximate surface area is 237 Å². The molecule has 0 radical (unpaired) electrons. The molecule has 3 aromatic carbocycles. The Hall–Kier alpha value is -3.39. The summed E-state index contributed by atoms with van der Waals surface area (Å²) in [5.41, 5.74) is 2.17. The molecular formula is C30H30Cl2N2O5. The molecule has 3 atom stereocenters. The van der Waals surface area contributed by atoms with Crippen LogP contribution < -0.4 is 10.2 Å². The highest BCUT2D eigenvalue weighted by Crippen LogP contribution is 2.43. The summed E-state index contributed by atoms with van der Waals surface area (Å²) in [5, 5.41) is 14.1. The van der Waals surface area contributed by atoms with E-state index in [1.165, 1.54) is 6.92 Å². The maximum Gasteiger partial charge on any atom is 0.329 e. The number of hydrogen-bond donors (Lipinski definition) is 2. The van der Waals surface area contributed by atoms with Crippen molar-refractivity contribution >= 4 is 52.2 Å². The minimum Gasteiger partial charge on any atom is -0.480 e. The van der Waals surface area contributed by atoms with Crippen molar-refractivity contribution in [1.82, 2.24) is 0 Å². The molecule has 9 heteroatoms. The largest absolute Gasteiger partial charge is 0.480 e. The second-order valence-corrected chi connectivity index (χ2v) is 11.6. The standard InChI is InChI=1S/C30H30Cl2N2O5/c1-17(35)18-8-7-9-20(14-18)33-25(29(37)38)27-28(36)34(16-30(2,3)4)24-13-12-19(31)15-22(24)26(39-27)21-10-5-6-11-23(21)32/h5-15,25-27,33H,16H2,1-4H3,(H,37,38)/t25?,26-,27-/m0/s1. The highest BCUT2D eigenvalue weighted by molar-refractivity contribution is 6.31. The van der Waals surface area contributed by atoms with Crippen molar-refractivity contribution in [3.63, 3.8) is 0 Å². The molecule has 1 amide bonds. The van der Waals surface area contributed by atoms with Gasteiger partial charge in [0.25, 0.3) is 5.91 Å². The first kappa shape index (κ1) is 28.6. The Balaban J connectivity index is 1.89. The van der Waals surface area contributed by atoms with Crippen LogP contribution in [-0.4, -0.2) is 41.5 Å². The maximum absolute atomic E-state index is 14.2. The number of halogens is 2. The van der Waals surface area contributed by atoms with Gasteiger partial charge in [0.15, 0.2) is 17.9 Å². The van der Waals surface area contributed by atoms with Crippen LogP contribution in [0.1, 0.15) is 55.3 Å². The lowest BCUT2D eigenvalue weighted by Crippen LogP contribution is -2.53. The molecule has 0 saturated heterocycles. The summed E-state index contributed by atoms with van der Waals surface area (Å²) in [6, 6.07) is 17.2. The van der Waals surface area contributed by atoms with E-state index >= 15 is 0 Å². The summed E-state index contributed by atoms with van der Waals surface area (Å²) >= 11 is 13.0. The van der Waals surface area contributed by atoms with E-state index in [0.717, 1.165) is 0 Å². The van der Waals surface area contributed by atoms with Crippen molar-refractivity contribution in [2.24, 2.45) is 5.41 Å². The quantitative estimate of drug-likeness (QED) is 0.310. The molecule has 3 aromatic rings. The minimum absolute atomic E-state index is 0.171. The fraction of sp³-hybridized carbons (Fsp3) is 0.300. The van der Waals surface area contributed by atoms with Crippen molar-refractivity contribution in [3.8, 4) is 0 Å². The SMILES string of the molecule is CC(=O)c1cccc(NC(C(=O)O)[C@@H]2O[C@@H](c3ccccc3Cl)c3cc(Cl)ccc3N(CC(C)(C)C)C2=O)c1. The molecule has 39 heavy (non-hydrogen) atoms. The van der Waals surface area contributed by atoms with Gasteiger partial charge in [-0.2, -0.15) is 0 Å². The molecule has 0 spiro atoms. The van der Waals surface area contributed by atoms with Crippen LogP contribution in [0.15, 0.2) is 66.7 Å². The number of carbonyl (C=O) groups is 3. The molecule has 2 N–H and O–H groups in total. The number of benzene rings is 3. The van der Waals surface area contributed by atoms with Crippen LogP contribution in [0.4, 0.5) is 11.4 Å². The predicted molar refractivity (Wildman–Crippen MR) is 153 cm³/mol. The van der Waals surface area contributed by atoms with Gasteiger partial charge < -0.3 is 20.1 Å². The van der Waals surface area contributed by atoms with Gasteiger partial charge in [-0.25, -0.2) is 4.79 Å². The van der Waals surface area contributed by atoms with Crippen LogP contribution >= 0.6 is 23.2 Å². The third-order valence-corrected chi connectivity index (χ3v) is 6.91. The van der Waals surface area contributed by atoms with Crippen molar-refractivity contribution in [2.75, 3.05) is 16.8 Å². The number of aliphatic carboxylic acids is 1. The number of hydrogen-bond acceptors (Lipinski definition) is 5. The number of carbonyl (C=O) groups excluding carboxylic acids is 2. The monoisotopic (exact) mass is 568 g/mol. The highest BCUT2D eigenvalue weighted by atomic mass is 35.5. The van der Waals surface area contributed by atoms with Crippen LogP contribution in [0, 0.1) is 5.41 Å². The van der Waals surface area contributed by atoms with Crippen LogP contribution in [-0.2, 0) is 14.3 Å². The first-order chi connectivity index (χ1) is 18.4. The summed E-state index contributed by atoms with van der Waals surface area (Å²) in [6.07, 6.45) is -2.35. The van der Waals surface area contributed by atoms with E-state index in [1.807, 2.05) is 20.8 Å². The number of carboxylic acid groups (broad SMARTS) is 1. The van der Waals surface area contributed by atoms with E-state index in [-0.39, 0.29) is 11.2 Å². The summed E-state index contributed by atoms with van der Waals surface area (Å²) < 4.78 is 6.45. The van der Waals surface area contributed by atoms with Crippen molar-refractivity contribution in [2.45, 2.75) is 45.9 Å². The van der Waals surface area contributed by atoms with Gasteiger partial charge in [-0.05, 0) is 48.7 Å². The van der Waals surface area contributed by atoms with E-state index in [2.05, 4.69) is 5.32 Å². The zero-order valence-electron chi connectivity index (χ0n) is 22.1. The van der Waals surface area contributed by atoms with Gasteiger partial charge in [-0.1, -0.05) is 74.3 Å². The fourth-order valence-corrected chi connectivity index (χ4v) is 5.01. The number of nitrogens with one attached hydrogen (secondary N) is 1. The molecule has 1 heterocycles. The van der Waals surface area contributed by atoms with Crippen LogP contribution in [0.5, 0.6) is 0 Å². The first-order valence-electron chi connectivity index (χ1n) is 12.5. The lowest BCUT2D eigenvalue weighted by molar-refractivity contribution is -0.148. The van der Waals surface area contributed by atoms with Gasteiger partial charge in [0.2, 0.25) is 0 Å².